The zero-order valence-electron chi connectivity index (χ0n) is 9.69. The van der Waals surface area contributed by atoms with E-state index in [-0.39, 0.29) is 5.57 Å². The SMILES string of the molecule is C=C(C#N)C1(O)C(=O)N(C)c2ccc(C)cc21. The number of rotatable bonds is 1. The molecule has 0 aliphatic carbocycles. The molecular weight excluding hydrogens is 216 g/mol. The molecule has 1 atom stereocenters. The summed E-state index contributed by atoms with van der Waals surface area (Å²) in [6.45, 7) is 5.34. The summed E-state index contributed by atoms with van der Waals surface area (Å²) in [4.78, 5) is 13.4. The van der Waals surface area contributed by atoms with Crippen molar-refractivity contribution in [3.05, 3.63) is 41.5 Å². The van der Waals surface area contributed by atoms with Gasteiger partial charge in [-0.25, -0.2) is 0 Å². The fourth-order valence-corrected chi connectivity index (χ4v) is 2.07. The van der Waals surface area contributed by atoms with Crippen LogP contribution in [0.1, 0.15) is 11.1 Å². The molecule has 0 saturated carbocycles. The monoisotopic (exact) mass is 228 g/mol. The Hall–Kier alpha value is -2.12. The number of carbonyl (C=O) groups excluding carboxylic acids is 1. The standard InChI is InChI=1S/C13H12N2O2/c1-8-4-5-11-10(6-8)13(17,9(2)7-14)12(16)15(11)3/h4-6,17H,2H2,1,3H3. The van der Waals surface area contributed by atoms with Gasteiger partial charge in [-0.15, -0.1) is 0 Å². The van der Waals surface area contributed by atoms with E-state index in [9.17, 15) is 9.90 Å². The van der Waals surface area contributed by atoms with Crippen LogP contribution in [0.2, 0.25) is 0 Å². The van der Waals surface area contributed by atoms with Crippen LogP contribution in [-0.4, -0.2) is 18.1 Å². The third-order valence-corrected chi connectivity index (χ3v) is 3.09. The lowest BCUT2D eigenvalue weighted by molar-refractivity contribution is -0.131. The Kier molecular flexibility index (Phi) is 2.30. The highest BCUT2D eigenvalue weighted by Crippen LogP contribution is 2.43. The Morgan fingerprint density at radius 1 is 1.59 bits per heavy atom. The molecule has 2 rings (SSSR count). The Labute approximate surface area is 99.4 Å². The van der Waals surface area contributed by atoms with Crippen molar-refractivity contribution in [2.45, 2.75) is 12.5 Å². The van der Waals surface area contributed by atoms with Crippen LogP contribution < -0.4 is 4.90 Å². The van der Waals surface area contributed by atoms with Crippen LogP contribution in [0.15, 0.2) is 30.4 Å². The van der Waals surface area contributed by atoms with Crippen molar-refractivity contribution in [2.75, 3.05) is 11.9 Å². The van der Waals surface area contributed by atoms with Crippen molar-refractivity contribution < 1.29 is 9.90 Å². The first-order valence-corrected chi connectivity index (χ1v) is 5.14. The van der Waals surface area contributed by atoms with Crippen LogP contribution in [0, 0.1) is 18.3 Å². The van der Waals surface area contributed by atoms with Crippen molar-refractivity contribution >= 4 is 11.6 Å². The molecule has 1 N–H and O–H groups in total. The number of amides is 1. The molecule has 0 fully saturated rings. The van der Waals surface area contributed by atoms with E-state index in [1.165, 1.54) is 4.90 Å². The number of nitrogens with zero attached hydrogens (tertiary/aromatic N) is 2. The zero-order valence-corrected chi connectivity index (χ0v) is 9.69. The van der Waals surface area contributed by atoms with Crippen LogP contribution in [0.3, 0.4) is 0 Å². The third-order valence-electron chi connectivity index (χ3n) is 3.09. The molecule has 1 amide bonds. The molecule has 1 aliphatic rings. The molecule has 0 aromatic heterocycles. The van der Waals surface area contributed by atoms with Gasteiger partial charge in [0.25, 0.3) is 5.91 Å². The molecule has 86 valence electrons. The van der Waals surface area contributed by atoms with Crippen LogP contribution in [-0.2, 0) is 10.4 Å². The average molecular weight is 228 g/mol. The van der Waals surface area contributed by atoms with E-state index in [1.807, 2.05) is 13.0 Å². The molecule has 4 nitrogen and oxygen atoms in total. The van der Waals surface area contributed by atoms with Gasteiger partial charge >= 0.3 is 0 Å². The molecule has 0 spiro atoms. The summed E-state index contributed by atoms with van der Waals surface area (Å²) in [5.41, 5.74) is -0.115. The number of fused-ring (bicyclic) bond motifs is 1. The van der Waals surface area contributed by atoms with Gasteiger partial charge < -0.3 is 10.0 Å². The highest BCUT2D eigenvalue weighted by Gasteiger charge is 2.50. The van der Waals surface area contributed by atoms with Gasteiger partial charge in [-0.2, -0.15) is 5.26 Å². The third kappa shape index (κ3) is 1.30. The number of anilines is 1. The molecule has 4 heteroatoms. The maximum atomic E-state index is 12.1. The zero-order chi connectivity index (χ0) is 12.8. The maximum absolute atomic E-state index is 12.1. The number of aliphatic hydroxyl groups is 1. The summed E-state index contributed by atoms with van der Waals surface area (Å²) in [7, 11) is 1.57. The summed E-state index contributed by atoms with van der Waals surface area (Å²) < 4.78 is 0. The van der Waals surface area contributed by atoms with Gasteiger partial charge in [0.05, 0.1) is 17.3 Å². The molecule has 17 heavy (non-hydrogen) atoms. The normalized spacial score (nSPS) is 22.2. The van der Waals surface area contributed by atoms with Crippen molar-refractivity contribution in [2.24, 2.45) is 0 Å². The smallest absolute Gasteiger partial charge is 0.268 e. The summed E-state index contributed by atoms with van der Waals surface area (Å²) in [6, 6.07) is 7.08. The predicted octanol–water partition coefficient (Wildman–Crippen LogP) is 1.24. The van der Waals surface area contributed by atoms with Crippen molar-refractivity contribution in [1.82, 2.24) is 0 Å². The molecule has 1 aliphatic heterocycles. The first-order chi connectivity index (χ1) is 7.92. The van der Waals surface area contributed by atoms with Crippen molar-refractivity contribution in [1.29, 1.82) is 5.26 Å². The van der Waals surface area contributed by atoms with Gasteiger partial charge in [0, 0.05) is 12.6 Å². The summed E-state index contributed by atoms with van der Waals surface area (Å²) >= 11 is 0. The van der Waals surface area contributed by atoms with Gasteiger partial charge in [0.2, 0.25) is 5.60 Å². The number of aryl methyl sites for hydroxylation is 1. The van der Waals surface area contributed by atoms with E-state index >= 15 is 0 Å². The van der Waals surface area contributed by atoms with Crippen molar-refractivity contribution in [3.63, 3.8) is 0 Å². The van der Waals surface area contributed by atoms with Crippen LogP contribution in [0.4, 0.5) is 5.69 Å². The fourth-order valence-electron chi connectivity index (χ4n) is 2.07. The van der Waals surface area contributed by atoms with E-state index in [2.05, 4.69) is 6.58 Å². The van der Waals surface area contributed by atoms with Gasteiger partial charge in [-0.3, -0.25) is 4.79 Å². The molecule has 0 saturated heterocycles. The predicted molar refractivity (Wildman–Crippen MR) is 63.2 cm³/mol. The Morgan fingerprint density at radius 3 is 2.82 bits per heavy atom. The highest BCUT2D eigenvalue weighted by molar-refractivity contribution is 6.09. The number of nitriles is 1. The molecule has 1 aromatic carbocycles. The fraction of sp³-hybridized carbons (Fsp3) is 0.231. The number of hydrogen-bond donors (Lipinski definition) is 1. The first kappa shape index (κ1) is 11.4. The van der Waals surface area contributed by atoms with E-state index < -0.39 is 11.5 Å². The number of benzene rings is 1. The van der Waals surface area contributed by atoms with Gasteiger partial charge in [-0.1, -0.05) is 24.3 Å². The second-order valence-electron chi connectivity index (χ2n) is 4.19. The first-order valence-electron chi connectivity index (χ1n) is 5.14. The van der Waals surface area contributed by atoms with E-state index in [0.717, 1.165) is 5.56 Å². The topological polar surface area (TPSA) is 64.3 Å². The average Bonchev–Trinajstić information content (AvgIpc) is 2.51. The van der Waals surface area contributed by atoms with Gasteiger partial charge in [0.1, 0.15) is 0 Å². The molecule has 0 bridgehead atoms. The lowest BCUT2D eigenvalue weighted by Crippen LogP contribution is -2.39. The minimum Gasteiger partial charge on any atom is -0.371 e. The lowest BCUT2D eigenvalue weighted by atomic mass is 9.88. The number of carbonyl (C=O) groups is 1. The van der Waals surface area contributed by atoms with Crippen LogP contribution in [0.5, 0.6) is 0 Å². The molecule has 1 aromatic rings. The van der Waals surface area contributed by atoms with Crippen LogP contribution >= 0.6 is 0 Å². The Bertz CT molecular complexity index is 571. The molecule has 1 unspecified atom stereocenters. The van der Waals surface area contributed by atoms with E-state index in [0.29, 0.717) is 11.3 Å². The van der Waals surface area contributed by atoms with Crippen molar-refractivity contribution in [3.8, 4) is 6.07 Å². The number of hydrogen-bond acceptors (Lipinski definition) is 3. The molecule has 1 heterocycles. The van der Waals surface area contributed by atoms with Crippen LogP contribution in [0.25, 0.3) is 0 Å². The molecular formula is C13H12N2O2. The Balaban J connectivity index is 2.74. The largest absolute Gasteiger partial charge is 0.371 e. The number of likely N-dealkylation sites (N-methyl/N-ethyl adjacent to an activating group) is 1. The minimum absolute atomic E-state index is 0.154. The Morgan fingerprint density at radius 2 is 2.24 bits per heavy atom. The summed E-state index contributed by atoms with van der Waals surface area (Å²) in [6.07, 6.45) is 0. The summed E-state index contributed by atoms with van der Waals surface area (Å²) in [5.74, 6) is -0.537. The molecule has 0 radical (unpaired) electrons. The second-order valence-corrected chi connectivity index (χ2v) is 4.19. The lowest BCUT2D eigenvalue weighted by Gasteiger charge is -2.20. The maximum Gasteiger partial charge on any atom is 0.268 e. The highest BCUT2D eigenvalue weighted by atomic mass is 16.3. The van der Waals surface area contributed by atoms with E-state index in [4.69, 9.17) is 5.26 Å². The second kappa shape index (κ2) is 3.44. The van der Waals surface area contributed by atoms with Gasteiger partial charge in [-0.05, 0) is 13.0 Å². The summed E-state index contributed by atoms with van der Waals surface area (Å²) in [5, 5.41) is 19.3. The quantitative estimate of drug-likeness (QED) is 0.735. The minimum atomic E-state index is -1.91. The van der Waals surface area contributed by atoms with Gasteiger partial charge in [0.15, 0.2) is 0 Å². The van der Waals surface area contributed by atoms with E-state index in [1.54, 1.807) is 25.2 Å².